The van der Waals surface area contributed by atoms with Gasteiger partial charge >= 0.3 is 6.18 Å². The summed E-state index contributed by atoms with van der Waals surface area (Å²) < 4.78 is 39.0. The van der Waals surface area contributed by atoms with E-state index >= 15 is 0 Å². The second-order valence-electron chi connectivity index (χ2n) is 6.52. The summed E-state index contributed by atoms with van der Waals surface area (Å²) in [5.74, 6) is -0.445. The predicted octanol–water partition coefficient (Wildman–Crippen LogP) is 3.01. The molecule has 0 spiro atoms. The second kappa shape index (κ2) is 5.80. The summed E-state index contributed by atoms with van der Waals surface area (Å²) >= 11 is 0. The Morgan fingerprint density at radius 3 is 2.52 bits per heavy atom. The monoisotopic (exact) mass is 375 g/mol. The maximum absolute atomic E-state index is 13.0. The largest absolute Gasteiger partial charge is 0.416 e. The highest BCUT2D eigenvalue weighted by Crippen LogP contribution is 2.49. The molecule has 2 aliphatic rings. The minimum atomic E-state index is -4.46. The smallest absolute Gasteiger partial charge is 0.310 e. The Morgan fingerprint density at radius 1 is 1.19 bits per heavy atom. The molecule has 1 aromatic heterocycles. The van der Waals surface area contributed by atoms with Gasteiger partial charge in [0.25, 0.3) is 5.91 Å². The fourth-order valence-electron chi connectivity index (χ4n) is 4.08. The summed E-state index contributed by atoms with van der Waals surface area (Å²) in [6.45, 7) is 2.34. The molecular formula is C19H16F3N3O2. The summed E-state index contributed by atoms with van der Waals surface area (Å²) in [4.78, 5) is 32.7. The maximum atomic E-state index is 13.0. The van der Waals surface area contributed by atoms with Gasteiger partial charge in [-0.25, -0.2) is 0 Å². The van der Waals surface area contributed by atoms with Crippen LogP contribution in [0, 0.1) is 0 Å². The first-order valence-electron chi connectivity index (χ1n) is 8.56. The lowest BCUT2D eigenvalue weighted by atomic mass is 9.90. The number of amides is 2. The zero-order chi connectivity index (χ0) is 19.4. The van der Waals surface area contributed by atoms with Gasteiger partial charge in [-0.1, -0.05) is 19.1 Å². The van der Waals surface area contributed by atoms with Crippen molar-refractivity contribution < 1.29 is 22.8 Å². The number of rotatable bonds is 2. The lowest BCUT2D eigenvalue weighted by molar-refractivity contribution is -0.138. The minimum absolute atomic E-state index is 0.171. The van der Waals surface area contributed by atoms with Crippen LogP contribution >= 0.6 is 0 Å². The third kappa shape index (κ3) is 2.28. The Morgan fingerprint density at radius 2 is 1.89 bits per heavy atom. The summed E-state index contributed by atoms with van der Waals surface area (Å²) in [6, 6.07) is 6.32. The molecule has 3 heterocycles. The number of pyridine rings is 1. The molecule has 0 saturated carbocycles. The summed E-state index contributed by atoms with van der Waals surface area (Å²) in [6.07, 6.45) is -1.27. The molecule has 1 atom stereocenters. The average molecular weight is 375 g/mol. The van der Waals surface area contributed by atoms with Gasteiger partial charge in [-0.15, -0.1) is 0 Å². The zero-order valence-corrected chi connectivity index (χ0v) is 14.5. The van der Waals surface area contributed by atoms with Crippen molar-refractivity contribution in [2.24, 2.45) is 0 Å². The van der Waals surface area contributed by atoms with Crippen LogP contribution in [-0.2, 0) is 16.6 Å². The van der Waals surface area contributed by atoms with Gasteiger partial charge in [0.2, 0.25) is 5.91 Å². The molecule has 1 saturated heterocycles. The molecular weight excluding hydrogens is 359 g/mol. The average Bonchev–Trinajstić information content (AvgIpc) is 3.17. The standard InChI is InChI=1S/C19H16F3N3O2/c1-2-16(26)24-9-10-25-17(27)14-11-23-8-7-15(14)18(24,25)12-3-5-13(6-4-12)19(20,21)22/h3-8,11H,2,9-10H2,1H3. The SMILES string of the molecule is CCC(=O)N1CCN2C(=O)c3cnccc3C12c1ccc(C(F)(F)F)cc1. The number of fused-ring (bicyclic) bond motifs is 3. The molecule has 2 amide bonds. The topological polar surface area (TPSA) is 53.5 Å². The van der Waals surface area contributed by atoms with Crippen LogP contribution < -0.4 is 0 Å². The number of carbonyl (C=O) groups excluding carboxylic acids is 2. The Hall–Kier alpha value is -2.90. The van der Waals surface area contributed by atoms with Crippen molar-refractivity contribution in [2.75, 3.05) is 13.1 Å². The quantitative estimate of drug-likeness (QED) is 0.811. The lowest BCUT2D eigenvalue weighted by Crippen LogP contribution is -2.51. The van der Waals surface area contributed by atoms with Crippen LogP contribution in [0.25, 0.3) is 0 Å². The minimum Gasteiger partial charge on any atom is -0.310 e. The van der Waals surface area contributed by atoms with E-state index in [0.29, 0.717) is 29.8 Å². The number of halogens is 3. The number of nitrogens with zero attached hydrogens (tertiary/aromatic N) is 3. The van der Waals surface area contributed by atoms with Crippen LogP contribution in [0.15, 0.2) is 42.7 Å². The molecule has 2 aliphatic heterocycles. The van der Waals surface area contributed by atoms with E-state index in [9.17, 15) is 22.8 Å². The summed E-state index contributed by atoms with van der Waals surface area (Å²) in [7, 11) is 0. The number of aromatic nitrogens is 1. The van der Waals surface area contributed by atoms with Crippen molar-refractivity contribution in [2.45, 2.75) is 25.2 Å². The molecule has 1 aromatic carbocycles. The number of alkyl halides is 3. The van der Waals surface area contributed by atoms with E-state index in [1.807, 2.05) is 0 Å². The van der Waals surface area contributed by atoms with Gasteiger partial charge in [0.05, 0.1) is 11.1 Å². The van der Waals surface area contributed by atoms with Gasteiger partial charge in [0.1, 0.15) is 0 Å². The molecule has 140 valence electrons. The van der Waals surface area contributed by atoms with Crippen molar-refractivity contribution in [1.82, 2.24) is 14.8 Å². The Balaban J connectivity index is 1.96. The second-order valence-corrected chi connectivity index (χ2v) is 6.52. The van der Waals surface area contributed by atoms with Crippen molar-refractivity contribution in [3.8, 4) is 0 Å². The molecule has 0 radical (unpaired) electrons. The normalized spacial score (nSPS) is 21.4. The fourth-order valence-corrected chi connectivity index (χ4v) is 4.08. The molecule has 0 aliphatic carbocycles. The number of hydrogen-bond donors (Lipinski definition) is 0. The molecule has 8 heteroatoms. The van der Waals surface area contributed by atoms with Crippen molar-refractivity contribution in [3.63, 3.8) is 0 Å². The van der Waals surface area contributed by atoms with E-state index in [1.165, 1.54) is 24.5 Å². The van der Waals surface area contributed by atoms with E-state index in [-0.39, 0.29) is 18.2 Å². The van der Waals surface area contributed by atoms with Gasteiger partial charge in [-0.2, -0.15) is 13.2 Å². The molecule has 0 N–H and O–H groups in total. The predicted molar refractivity (Wildman–Crippen MR) is 89.5 cm³/mol. The van der Waals surface area contributed by atoms with Gasteiger partial charge in [-0.3, -0.25) is 14.6 Å². The van der Waals surface area contributed by atoms with Crippen molar-refractivity contribution in [1.29, 1.82) is 0 Å². The lowest BCUT2D eigenvalue weighted by Gasteiger charge is -2.40. The molecule has 0 bridgehead atoms. The van der Waals surface area contributed by atoms with Crippen LogP contribution in [0.5, 0.6) is 0 Å². The first-order chi connectivity index (χ1) is 12.8. The highest BCUT2D eigenvalue weighted by Gasteiger charge is 2.59. The number of hydrogen-bond acceptors (Lipinski definition) is 3. The van der Waals surface area contributed by atoms with Crippen molar-refractivity contribution >= 4 is 11.8 Å². The van der Waals surface area contributed by atoms with Crippen molar-refractivity contribution in [3.05, 3.63) is 65.0 Å². The first kappa shape index (κ1) is 17.5. The third-order valence-electron chi connectivity index (χ3n) is 5.22. The molecule has 2 aromatic rings. The Labute approximate surface area is 153 Å². The zero-order valence-electron chi connectivity index (χ0n) is 14.5. The van der Waals surface area contributed by atoms with Crippen LogP contribution in [-0.4, -0.2) is 39.7 Å². The van der Waals surface area contributed by atoms with E-state index < -0.39 is 17.4 Å². The summed E-state index contributed by atoms with van der Waals surface area (Å²) in [5.41, 5.74) is -0.618. The van der Waals surface area contributed by atoms with E-state index in [4.69, 9.17) is 0 Å². The van der Waals surface area contributed by atoms with Gasteiger partial charge < -0.3 is 9.80 Å². The van der Waals surface area contributed by atoms with Crippen LogP contribution in [0.1, 0.15) is 40.4 Å². The molecule has 1 unspecified atom stereocenters. The van der Waals surface area contributed by atoms with Crippen LogP contribution in [0.4, 0.5) is 13.2 Å². The third-order valence-corrected chi connectivity index (χ3v) is 5.22. The highest BCUT2D eigenvalue weighted by atomic mass is 19.4. The molecule has 4 rings (SSSR count). The van der Waals surface area contributed by atoms with E-state index in [1.54, 1.807) is 22.8 Å². The number of carbonyl (C=O) groups is 2. The van der Waals surface area contributed by atoms with E-state index in [2.05, 4.69) is 4.98 Å². The highest BCUT2D eigenvalue weighted by molar-refractivity contribution is 6.01. The molecule has 5 nitrogen and oxygen atoms in total. The molecule has 1 fully saturated rings. The summed E-state index contributed by atoms with van der Waals surface area (Å²) in [5, 5.41) is 0. The van der Waals surface area contributed by atoms with Gasteiger partial charge in [-0.05, 0) is 18.2 Å². The first-order valence-corrected chi connectivity index (χ1v) is 8.56. The molecule has 27 heavy (non-hydrogen) atoms. The van der Waals surface area contributed by atoms with E-state index in [0.717, 1.165) is 12.1 Å². The Bertz CT molecular complexity index is 927. The maximum Gasteiger partial charge on any atom is 0.416 e. The fraction of sp³-hybridized carbons (Fsp3) is 0.316. The van der Waals surface area contributed by atoms with Crippen LogP contribution in [0.3, 0.4) is 0 Å². The number of benzene rings is 1. The van der Waals surface area contributed by atoms with Crippen LogP contribution in [0.2, 0.25) is 0 Å². The van der Waals surface area contributed by atoms with Gasteiger partial charge in [0, 0.05) is 43.0 Å². The van der Waals surface area contributed by atoms with Gasteiger partial charge in [0.15, 0.2) is 5.66 Å². The Kier molecular flexibility index (Phi) is 3.76.